The normalized spacial score (nSPS) is 19.1. The summed E-state index contributed by atoms with van der Waals surface area (Å²) in [4.78, 5) is 16.8. The van der Waals surface area contributed by atoms with Gasteiger partial charge in [0.05, 0.1) is 40.7 Å². The maximum absolute atomic E-state index is 6.89. The van der Waals surface area contributed by atoms with E-state index in [-0.39, 0.29) is 0 Å². The molecule has 0 bridgehead atoms. The highest BCUT2D eigenvalue weighted by atomic mass is 35.5. The molecule has 1 aliphatic heterocycles. The number of halogens is 1. The van der Waals surface area contributed by atoms with Crippen LogP contribution in [0.15, 0.2) is 48.9 Å². The van der Waals surface area contributed by atoms with Crippen LogP contribution >= 0.6 is 11.6 Å². The topological polar surface area (TPSA) is 83.1 Å². The number of aromatic nitrogens is 6. The predicted octanol–water partition coefficient (Wildman–Crippen LogP) is 7.32. The fourth-order valence-electron chi connectivity index (χ4n) is 5.80. The summed E-state index contributed by atoms with van der Waals surface area (Å²) in [5.41, 5.74) is 4.85. The van der Waals surface area contributed by atoms with Crippen molar-refractivity contribution in [3.8, 4) is 22.8 Å². The fourth-order valence-corrected chi connectivity index (χ4v) is 6.80. The van der Waals surface area contributed by atoms with Crippen LogP contribution in [0.3, 0.4) is 0 Å². The molecule has 9 nitrogen and oxygen atoms in total. The van der Waals surface area contributed by atoms with Crippen molar-refractivity contribution in [3.63, 3.8) is 0 Å². The maximum atomic E-state index is 6.89. The summed E-state index contributed by atoms with van der Waals surface area (Å²) in [6.45, 7) is 12.8. The quantitative estimate of drug-likeness (QED) is 0.120. The first-order valence-electron chi connectivity index (χ1n) is 15.2. The van der Waals surface area contributed by atoms with E-state index in [0.717, 1.165) is 53.6 Å². The third-order valence-corrected chi connectivity index (χ3v) is 10.8. The molecule has 0 unspecified atom stereocenters. The number of nitrogens with zero attached hydrogens (tertiary/aromatic N) is 7. The third-order valence-electron chi connectivity index (χ3n) is 8.74. The zero-order valence-electron chi connectivity index (χ0n) is 25.3. The minimum atomic E-state index is -1.15. The van der Waals surface area contributed by atoms with Gasteiger partial charge in [-0.2, -0.15) is 5.10 Å². The Morgan fingerprint density at radius 1 is 1.00 bits per heavy atom. The van der Waals surface area contributed by atoms with E-state index in [4.69, 9.17) is 31.0 Å². The van der Waals surface area contributed by atoms with E-state index in [0.29, 0.717) is 46.4 Å². The Hall–Kier alpha value is -3.31. The summed E-state index contributed by atoms with van der Waals surface area (Å²) in [6.07, 6.45) is 9.39. The van der Waals surface area contributed by atoms with Crippen LogP contribution in [-0.4, -0.2) is 68.0 Å². The highest BCUT2D eigenvalue weighted by molar-refractivity contribution is 6.76. The van der Waals surface area contributed by atoms with Crippen LogP contribution < -0.4 is 4.74 Å². The monoisotopic (exact) mass is 615 g/mol. The molecule has 2 aromatic carbocycles. The van der Waals surface area contributed by atoms with Gasteiger partial charge in [-0.05, 0) is 69.6 Å². The fraction of sp³-hybridized carbons (Fsp3) is 0.438. The number of imidazole rings is 1. The van der Waals surface area contributed by atoms with Crippen molar-refractivity contribution in [2.75, 3.05) is 19.7 Å². The van der Waals surface area contributed by atoms with Crippen LogP contribution in [0.2, 0.25) is 30.7 Å². The molecule has 0 amide bonds. The van der Waals surface area contributed by atoms with E-state index in [1.165, 1.54) is 19.5 Å². The van der Waals surface area contributed by atoms with Gasteiger partial charge in [0.2, 0.25) is 0 Å². The van der Waals surface area contributed by atoms with Gasteiger partial charge in [-0.15, -0.1) is 0 Å². The molecule has 1 saturated carbocycles. The molecule has 7 rings (SSSR count). The second-order valence-electron chi connectivity index (χ2n) is 13.1. The van der Waals surface area contributed by atoms with Crippen molar-refractivity contribution in [2.24, 2.45) is 0 Å². The van der Waals surface area contributed by atoms with Crippen LogP contribution in [-0.2, 0) is 11.5 Å². The minimum absolute atomic E-state index is 0.426. The molecule has 2 fully saturated rings. The SMILES string of the molecule is Cc1nc2ccc(Oc3ccc4ncc(-c5cnn(C6CC(N7CCC7)C6)c5)nc4c3Cl)cc2n1COCC[Si](C)(C)C. The van der Waals surface area contributed by atoms with Gasteiger partial charge in [0.1, 0.15) is 34.6 Å². The standard InChI is InChI=1S/C32H38ClN7O2Si/c1-21-36-26-7-6-25(16-29(26)39(21)20-41-12-13-43(2,3)4)42-30-9-8-27-32(31(30)33)37-28(18-34-27)22-17-35-40(19-22)24-14-23(15-24)38-10-5-11-38/h6-9,16-19,23-24H,5,10-15,20H2,1-4H3. The first-order valence-corrected chi connectivity index (χ1v) is 19.3. The Balaban J connectivity index is 1.09. The summed E-state index contributed by atoms with van der Waals surface area (Å²) in [6, 6.07) is 11.9. The van der Waals surface area contributed by atoms with Crippen molar-refractivity contribution in [1.82, 2.24) is 34.2 Å². The van der Waals surface area contributed by atoms with Crippen molar-refractivity contribution in [2.45, 2.75) is 70.7 Å². The Labute approximate surface area is 257 Å². The second-order valence-corrected chi connectivity index (χ2v) is 19.1. The van der Waals surface area contributed by atoms with Crippen LogP contribution in [0.4, 0.5) is 0 Å². The second kappa shape index (κ2) is 11.3. The maximum Gasteiger partial charge on any atom is 0.148 e. The average molecular weight is 616 g/mol. The molecular weight excluding hydrogens is 578 g/mol. The molecule has 5 aromatic rings. The lowest BCUT2D eigenvalue weighted by Crippen LogP contribution is -2.51. The van der Waals surface area contributed by atoms with Gasteiger partial charge in [0, 0.05) is 38.5 Å². The Bertz CT molecular complexity index is 1790. The molecule has 4 heterocycles. The molecule has 3 aromatic heterocycles. The van der Waals surface area contributed by atoms with E-state index >= 15 is 0 Å². The number of hydrogen-bond donors (Lipinski definition) is 0. The molecule has 0 spiro atoms. The lowest BCUT2D eigenvalue weighted by Gasteiger charge is -2.47. The molecule has 0 radical (unpaired) electrons. The number of benzene rings is 2. The van der Waals surface area contributed by atoms with E-state index in [1.807, 2.05) is 43.5 Å². The summed E-state index contributed by atoms with van der Waals surface area (Å²) < 4.78 is 16.5. The molecule has 43 heavy (non-hydrogen) atoms. The van der Waals surface area contributed by atoms with Gasteiger partial charge in [0.25, 0.3) is 0 Å². The van der Waals surface area contributed by atoms with Crippen LogP contribution in [0.5, 0.6) is 11.5 Å². The Morgan fingerprint density at radius 2 is 1.81 bits per heavy atom. The highest BCUT2D eigenvalue weighted by Crippen LogP contribution is 2.39. The number of likely N-dealkylation sites (tertiary alicyclic amines) is 1. The van der Waals surface area contributed by atoms with E-state index < -0.39 is 8.07 Å². The van der Waals surface area contributed by atoms with Crippen molar-refractivity contribution < 1.29 is 9.47 Å². The summed E-state index contributed by atoms with van der Waals surface area (Å²) in [5, 5.41) is 5.08. The molecule has 11 heteroatoms. The molecular formula is C32H38ClN7O2Si. The van der Waals surface area contributed by atoms with Gasteiger partial charge in [0.15, 0.2) is 0 Å². The van der Waals surface area contributed by atoms with Gasteiger partial charge in [-0.1, -0.05) is 31.2 Å². The number of ether oxygens (including phenoxy) is 2. The molecule has 2 aliphatic rings. The van der Waals surface area contributed by atoms with E-state index in [1.54, 1.807) is 6.20 Å². The van der Waals surface area contributed by atoms with Crippen LogP contribution in [0.25, 0.3) is 33.3 Å². The van der Waals surface area contributed by atoms with Crippen molar-refractivity contribution >= 4 is 41.7 Å². The molecule has 1 saturated heterocycles. The first-order chi connectivity index (χ1) is 20.7. The number of hydrogen-bond acceptors (Lipinski definition) is 7. The van der Waals surface area contributed by atoms with E-state index in [2.05, 4.69) is 50.1 Å². The largest absolute Gasteiger partial charge is 0.456 e. The lowest BCUT2D eigenvalue weighted by atomic mass is 9.84. The summed E-state index contributed by atoms with van der Waals surface area (Å²) in [5.74, 6) is 2.10. The zero-order valence-corrected chi connectivity index (χ0v) is 27.0. The molecule has 0 N–H and O–H groups in total. The van der Waals surface area contributed by atoms with Gasteiger partial charge >= 0.3 is 0 Å². The van der Waals surface area contributed by atoms with Gasteiger partial charge < -0.3 is 18.9 Å². The summed E-state index contributed by atoms with van der Waals surface area (Å²) in [7, 11) is -1.15. The molecule has 224 valence electrons. The van der Waals surface area contributed by atoms with E-state index in [9.17, 15) is 0 Å². The van der Waals surface area contributed by atoms with Crippen LogP contribution in [0, 0.1) is 6.92 Å². The van der Waals surface area contributed by atoms with Crippen molar-refractivity contribution in [3.05, 3.63) is 59.8 Å². The van der Waals surface area contributed by atoms with Crippen LogP contribution in [0.1, 0.15) is 31.1 Å². The van der Waals surface area contributed by atoms with Crippen molar-refractivity contribution in [1.29, 1.82) is 0 Å². The predicted molar refractivity (Wildman–Crippen MR) is 173 cm³/mol. The van der Waals surface area contributed by atoms with Gasteiger partial charge in [-0.3, -0.25) is 9.67 Å². The smallest absolute Gasteiger partial charge is 0.148 e. The molecule has 0 atom stereocenters. The van der Waals surface area contributed by atoms with Gasteiger partial charge in [-0.25, -0.2) is 9.97 Å². The lowest BCUT2D eigenvalue weighted by molar-refractivity contribution is 0.0322. The molecule has 1 aliphatic carbocycles. The number of rotatable bonds is 10. The third kappa shape index (κ3) is 5.81. The Morgan fingerprint density at radius 3 is 2.58 bits per heavy atom. The zero-order chi connectivity index (χ0) is 29.7. The Kier molecular flexibility index (Phi) is 7.49. The minimum Gasteiger partial charge on any atom is -0.456 e. The highest BCUT2D eigenvalue weighted by Gasteiger charge is 2.37. The number of aryl methyl sites for hydroxylation is 1. The average Bonchev–Trinajstić information content (AvgIpc) is 3.52. The summed E-state index contributed by atoms with van der Waals surface area (Å²) >= 11 is 6.89. The first kappa shape index (κ1) is 28.5. The number of fused-ring (bicyclic) bond motifs is 2.